The van der Waals surface area contributed by atoms with Crippen molar-refractivity contribution < 1.29 is 14.4 Å². The first-order valence-corrected chi connectivity index (χ1v) is 8.31. The molecule has 0 radical (unpaired) electrons. The normalized spacial score (nSPS) is 13.7. The Kier molecular flexibility index (Phi) is 4.43. The van der Waals surface area contributed by atoms with E-state index in [-0.39, 0.29) is 15.9 Å². The van der Waals surface area contributed by atoms with E-state index >= 15 is 0 Å². The third kappa shape index (κ3) is 3.57. The highest BCUT2D eigenvalue weighted by molar-refractivity contribution is 7.21. The lowest BCUT2D eigenvalue weighted by molar-refractivity contribution is -0.139. The van der Waals surface area contributed by atoms with Gasteiger partial charge in [-0.2, -0.15) is 0 Å². The van der Waals surface area contributed by atoms with Crippen LogP contribution in [0.15, 0.2) is 18.2 Å². The molecule has 1 fully saturated rings. The van der Waals surface area contributed by atoms with Crippen molar-refractivity contribution in [3.8, 4) is 0 Å². The van der Waals surface area contributed by atoms with Gasteiger partial charge in [-0.05, 0) is 25.0 Å². The standard InChI is InChI=1S/C14H11Cl2N3O3S/c15-6-1-4-8-9(5-6)23-11(10(8)16)12(20)18-19-14(22)13(21)17-7-2-3-7/h1,4-5,7H,2-3H2,(H,17,21)(H,18,20)(H,19,22). The Hall–Kier alpha value is -1.83. The Morgan fingerprint density at radius 3 is 2.52 bits per heavy atom. The lowest BCUT2D eigenvalue weighted by Gasteiger charge is -2.06. The Labute approximate surface area is 145 Å². The van der Waals surface area contributed by atoms with Gasteiger partial charge in [-0.15, -0.1) is 11.3 Å². The predicted octanol–water partition coefficient (Wildman–Crippen LogP) is 2.25. The van der Waals surface area contributed by atoms with Crippen LogP contribution in [-0.2, 0) is 9.59 Å². The van der Waals surface area contributed by atoms with Crippen molar-refractivity contribution in [2.45, 2.75) is 18.9 Å². The van der Waals surface area contributed by atoms with Crippen LogP contribution in [0.5, 0.6) is 0 Å². The van der Waals surface area contributed by atoms with Gasteiger partial charge in [0, 0.05) is 21.2 Å². The molecule has 6 nitrogen and oxygen atoms in total. The van der Waals surface area contributed by atoms with Crippen LogP contribution in [0, 0.1) is 0 Å². The molecule has 1 aliphatic rings. The van der Waals surface area contributed by atoms with Crippen molar-refractivity contribution >= 4 is 62.3 Å². The van der Waals surface area contributed by atoms with E-state index in [0.29, 0.717) is 10.4 Å². The van der Waals surface area contributed by atoms with Gasteiger partial charge in [0.25, 0.3) is 5.91 Å². The molecule has 3 N–H and O–H groups in total. The number of rotatable bonds is 2. The predicted molar refractivity (Wildman–Crippen MR) is 88.6 cm³/mol. The molecule has 3 rings (SSSR count). The zero-order chi connectivity index (χ0) is 16.6. The van der Waals surface area contributed by atoms with Gasteiger partial charge in [-0.25, -0.2) is 0 Å². The number of hydrogen-bond acceptors (Lipinski definition) is 4. The molecular formula is C14H11Cl2N3O3S. The SMILES string of the molecule is O=C(NNC(=O)c1sc2cc(Cl)ccc2c1Cl)C(=O)NC1CC1. The third-order valence-corrected chi connectivity index (χ3v) is 5.10. The van der Waals surface area contributed by atoms with Crippen LogP contribution in [0.2, 0.25) is 10.0 Å². The first-order valence-electron chi connectivity index (χ1n) is 6.74. The first-order chi connectivity index (χ1) is 11.0. The topological polar surface area (TPSA) is 87.3 Å². The van der Waals surface area contributed by atoms with Gasteiger partial charge >= 0.3 is 11.8 Å². The smallest absolute Gasteiger partial charge is 0.327 e. The van der Waals surface area contributed by atoms with E-state index in [1.54, 1.807) is 18.2 Å². The van der Waals surface area contributed by atoms with E-state index in [0.717, 1.165) is 28.9 Å². The average Bonchev–Trinajstić information content (AvgIpc) is 3.27. The number of hydrogen-bond donors (Lipinski definition) is 3. The Bertz CT molecular complexity index is 817. The lowest BCUT2D eigenvalue weighted by Crippen LogP contribution is -2.48. The summed E-state index contributed by atoms with van der Waals surface area (Å²) >= 11 is 13.2. The molecule has 1 saturated carbocycles. The van der Waals surface area contributed by atoms with Gasteiger partial charge in [0.1, 0.15) is 4.88 Å². The molecule has 0 atom stereocenters. The second-order valence-electron chi connectivity index (χ2n) is 5.04. The first kappa shape index (κ1) is 16.0. The highest BCUT2D eigenvalue weighted by atomic mass is 35.5. The Morgan fingerprint density at radius 1 is 1.09 bits per heavy atom. The van der Waals surface area contributed by atoms with Crippen molar-refractivity contribution in [3.63, 3.8) is 0 Å². The summed E-state index contributed by atoms with van der Waals surface area (Å²) in [6.45, 7) is 0. The molecule has 2 aromatic rings. The van der Waals surface area contributed by atoms with Crippen molar-refractivity contribution in [3.05, 3.63) is 33.1 Å². The van der Waals surface area contributed by atoms with Crippen LogP contribution in [0.25, 0.3) is 10.1 Å². The summed E-state index contributed by atoms with van der Waals surface area (Å²) in [6, 6.07) is 5.15. The molecule has 1 aliphatic carbocycles. The molecule has 23 heavy (non-hydrogen) atoms. The molecule has 9 heteroatoms. The molecule has 1 aromatic carbocycles. The van der Waals surface area contributed by atoms with Gasteiger partial charge in [-0.3, -0.25) is 25.2 Å². The number of carbonyl (C=O) groups is 3. The lowest BCUT2D eigenvalue weighted by atomic mass is 10.2. The summed E-state index contributed by atoms with van der Waals surface area (Å²) in [5.41, 5.74) is 4.25. The van der Waals surface area contributed by atoms with Crippen LogP contribution in [0.4, 0.5) is 0 Å². The fraction of sp³-hybridized carbons (Fsp3) is 0.214. The summed E-state index contributed by atoms with van der Waals surface area (Å²) in [7, 11) is 0. The molecule has 0 bridgehead atoms. The van der Waals surface area contributed by atoms with Crippen LogP contribution < -0.4 is 16.2 Å². The molecule has 0 spiro atoms. The number of fused-ring (bicyclic) bond motifs is 1. The van der Waals surface area contributed by atoms with Gasteiger partial charge in [-0.1, -0.05) is 29.3 Å². The Balaban J connectivity index is 1.67. The van der Waals surface area contributed by atoms with E-state index in [2.05, 4.69) is 16.2 Å². The largest absolute Gasteiger partial charge is 0.345 e. The molecule has 1 heterocycles. The van der Waals surface area contributed by atoms with Gasteiger partial charge in [0.15, 0.2) is 0 Å². The number of carbonyl (C=O) groups excluding carboxylic acids is 3. The quantitative estimate of drug-likeness (QED) is 0.558. The highest BCUT2D eigenvalue weighted by Crippen LogP contribution is 2.36. The maximum atomic E-state index is 12.1. The zero-order valence-electron chi connectivity index (χ0n) is 11.6. The van der Waals surface area contributed by atoms with E-state index in [1.165, 1.54) is 0 Å². The highest BCUT2D eigenvalue weighted by Gasteiger charge is 2.26. The summed E-state index contributed by atoms with van der Waals surface area (Å²) in [5.74, 6) is -2.30. The molecule has 0 aliphatic heterocycles. The molecule has 0 unspecified atom stereocenters. The second-order valence-corrected chi connectivity index (χ2v) is 6.91. The van der Waals surface area contributed by atoms with Gasteiger partial charge in [0.05, 0.1) is 5.02 Å². The number of thiophene rings is 1. The van der Waals surface area contributed by atoms with Gasteiger partial charge in [0.2, 0.25) is 0 Å². The minimum absolute atomic E-state index is 0.0609. The number of nitrogens with one attached hydrogen (secondary N) is 3. The summed E-state index contributed by atoms with van der Waals surface area (Å²) < 4.78 is 0.755. The number of benzene rings is 1. The number of hydrazine groups is 1. The number of halogens is 2. The zero-order valence-corrected chi connectivity index (χ0v) is 13.9. The maximum absolute atomic E-state index is 12.1. The Morgan fingerprint density at radius 2 is 1.83 bits per heavy atom. The van der Waals surface area contributed by atoms with Gasteiger partial charge < -0.3 is 5.32 Å². The van der Waals surface area contributed by atoms with Crippen LogP contribution >= 0.6 is 34.5 Å². The van der Waals surface area contributed by atoms with E-state index < -0.39 is 17.7 Å². The van der Waals surface area contributed by atoms with E-state index in [1.807, 2.05) is 0 Å². The van der Waals surface area contributed by atoms with Crippen molar-refractivity contribution in [2.75, 3.05) is 0 Å². The summed E-state index contributed by atoms with van der Waals surface area (Å²) in [6.07, 6.45) is 1.73. The van der Waals surface area contributed by atoms with Crippen molar-refractivity contribution in [2.24, 2.45) is 0 Å². The fourth-order valence-corrected chi connectivity index (χ4v) is 3.58. The van der Waals surface area contributed by atoms with E-state index in [9.17, 15) is 14.4 Å². The van der Waals surface area contributed by atoms with Crippen molar-refractivity contribution in [1.82, 2.24) is 16.2 Å². The molecular weight excluding hydrogens is 361 g/mol. The minimum Gasteiger partial charge on any atom is -0.345 e. The van der Waals surface area contributed by atoms with Crippen LogP contribution in [-0.4, -0.2) is 23.8 Å². The monoisotopic (exact) mass is 371 g/mol. The molecule has 3 amide bonds. The third-order valence-electron chi connectivity index (χ3n) is 3.21. The van der Waals surface area contributed by atoms with Crippen LogP contribution in [0.1, 0.15) is 22.5 Å². The van der Waals surface area contributed by atoms with Crippen LogP contribution in [0.3, 0.4) is 0 Å². The minimum atomic E-state index is -0.925. The van der Waals surface area contributed by atoms with Crippen molar-refractivity contribution in [1.29, 1.82) is 0 Å². The molecule has 1 aromatic heterocycles. The fourth-order valence-electron chi connectivity index (χ4n) is 1.89. The maximum Gasteiger partial charge on any atom is 0.327 e. The summed E-state index contributed by atoms with van der Waals surface area (Å²) in [4.78, 5) is 35.4. The van der Waals surface area contributed by atoms with E-state index in [4.69, 9.17) is 23.2 Å². The molecule has 0 saturated heterocycles. The number of amides is 3. The second kappa shape index (κ2) is 6.35. The average molecular weight is 372 g/mol. The molecule has 120 valence electrons. The summed E-state index contributed by atoms with van der Waals surface area (Å²) in [5, 5.41) is 4.02.